The standard InChI is InChI=1S/C19H13BrFN3OS/c20-13-2-1-3-15(8-13)22-18(25)9-16-11-26-19-23-17(10-24(16)19)12-4-6-14(21)7-5-12/h1-8,10-11H,9H2,(H,22,25). The minimum absolute atomic E-state index is 0.0974. The van der Waals surface area contributed by atoms with Crippen molar-refractivity contribution in [1.29, 1.82) is 0 Å². The molecule has 0 saturated heterocycles. The summed E-state index contributed by atoms with van der Waals surface area (Å²) in [5, 5.41) is 4.82. The summed E-state index contributed by atoms with van der Waals surface area (Å²) in [4.78, 5) is 17.7. The van der Waals surface area contributed by atoms with Crippen LogP contribution in [0.2, 0.25) is 0 Å². The van der Waals surface area contributed by atoms with Gasteiger partial charge in [0.1, 0.15) is 5.82 Å². The molecular weight excluding hydrogens is 417 g/mol. The number of amides is 1. The molecule has 2 aromatic heterocycles. The van der Waals surface area contributed by atoms with Crippen molar-refractivity contribution in [1.82, 2.24) is 9.38 Å². The van der Waals surface area contributed by atoms with E-state index in [0.29, 0.717) is 0 Å². The molecule has 7 heteroatoms. The van der Waals surface area contributed by atoms with Gasteiger partial charge in [-0.2, -0.15) is 0 Å². The Balaban J connectivity index is 1.55. The summed E-state index contributed by atoms with van der Waals surface area (Å²) in [6.45, 7) is 0. The zero-order chi connectivity index (χ0) is 18.1. The van der Waals surface area contributed by atoms with E-state index in [0.717, 1.165) is 32.1 Å². The number of thiazole rings is 1. The Morgan fingerprint density at radius 2 is 2.04 bits per heavy atom. The number of hydrogen-bond acceptors (Lipinski definition) is 3. The van der Waals surface area contributed by atoms with Crippen molar-refractivity contribution < 1.29 is 9.18 Å². The van der Waals surface area contributed by atoms with Crippen LogP contribution >= 0.6 is 27.3 Å². The number of hydrogen-bond donors (Lipinski definition) is 1. The van der Waals surface area contributed by atoms with Gasteiger partial charge in [-0.3, -0.25) is 9.20 Å². The fourth-order valence-corrected chi connectivity index (χ4v) is 3.92. The monoisotopic (exact) mass is 429 g/mol. The summed E-state index contributed by atoms with van der Waals surface area (Å²) in [5.74, 6) is -0.375. The first-order valence-electron chi connectivity index (χ1n) is 7.85. The van der Waals surface area contributed by atoms with Crippen molar-refractivity contribution >= 4 is 43.8 Å². The van der Waals surface area contributed by atoms with Crippen LogP contribution in [-0.4, -0.2) is 15.3 Å². The van der Waals surface area contributed by atoms with Crippen molar-refractivity contribution in [2.45, 2.75) is 6.42 Å². The van der Waals surface area contributed by atoms with Crippen LogP contribution in [-0.2, 0) is 11.2 Å². The summed E-state index contributed by atoms with van der Waals surface area (Å²) in [6, 6.07) is 13.7. The summed E-state index contributed by atoms with van der Waals surface area (Å²) in [5.41, 5.74) is 3.20. The van der Waals surface area contributed by atoms with E-state index in [-0.39, 0.29) is 18.1 Å². The van der Waals surface area contributed by atoms with Crippen molar-refractivity contribution in [3.8, 4) is 11.3 Å². The van der Waals surface area contributed by atoms with E-state index in [4.69, 9.17) is 0 Å². The second-order valence-corrected chi connectivity index (χ2v) is 7.50. The van der Waals surface area contributed by atoms with Crippen molar-refractivity contribution in [3.05, 3.63) is 76.1 Å². The second-order valence-electron chi connectivity index (χ2n) is 5.75. The largest absolute Gasteiger partial charge is 0.326 e. The molecule has 0 radical (unpaired) electrons. The summed E-state index contributed by atoms with van der Waals surface area (Å²) in [7, 11) is 0. The van der Waals surface area contributed by atoms with Crippen LogP contribution in [0.15, 0.2) is 64.6 Å². The average molecular weight is 430 g/mol. The molecule has 2 heterocycles. The van der Waals surface area contributed by atoms with E-state index in [1.54, 1.807) is 12.1 Å². The van der Waals surface area contributed by atoms with E-state index in [2.05, 4.69) is 26.2 Å². The lowest BCUT2D eigenvalue weighted by atomic mass is 10.2. The molecule has 0 aliphatic rings. The van der Waals surface area contributed by atoms with E-state index in [9.17, 15) is 9.18 Å². The van der Waals surface area contributed by atoms with Crippen LogP contribution in [0.4, 0.5) is 10.1 Å². The van der Waals surface area contributed by atoms with Gasteiger partial charge in [-0.15, -0.1) is 11.3 Å². The number of imidazole rings is 1. The molecule has 0 unspecified atom stereocenters. The Morgan fingerprint density at radius 1 is 1.23 bits per heavy atom. The predicted molar refractivity (Wildman–Crippen MR) is 105 cm³/mol. The Bertz CT molecular complexity index is 1090. The summed E-state index contributed by atoms with van der Waals surface area (Å²) < 4.78 is 15.9. The molecule has 0 bridgehead atoms. The molecule has 0 aliphatic heterocycles. The molecule has 4 aromatic rings. The van der Waals surface area contributed by atoms with Crippen LogP contribution in [0, 0.1) is 5.82 Å². The molecule has 130 valence electrons. The molecule has 0 spiro atoms. The van der Waals surface area contributed by atoms with E-state index < -0.39 is 0 Å². The SMILES string of the molecule is O=C(Cc1csc2nc(-c3ccc(F)cc3)cn12)Nc1cccc(Br)c1. The van der Waals surface area contributed by atoms with Crippen molar-refractivity contribution in [2.75, 3.05) is 5.32 Å². The van der Waals surface area contributed by atoms with Gasteiger partial charge in [-0.05, 0) is 42.5 Å². The van der Waals surface area contributed by atoms with Crippen molar-refractivity contribution in [2.24, 2.45) is 0 Å². The molecular formula is C19H13BrFN3OS. The van der Waals surface area contributed by atoms with Gasteiger partial charge in [0.2, 0.25) is 5.91 Å². The highest BCUT2D eigenvalue weighted by atomic mass is 79.9. The minimum atomic E-state index is -0.278. The number of carbonyl (C=O) groups is 1. The molecule has 0 saturated carbocycles. The highest BCUT2D eigenvalue weighted by molar-refractivity contribution is 9.10. The van der Waals surface area contributed by atoms with Gasteiger partial charge >= 0.3 is 0 Å². The first-order valence-corrected chi connectivity index (χ1v) is 9.52. The van der Waals surface area contributed by atoms with Crippen molar-refractivity contribution in [3.63, 3.8) is 0 Å². The number of halogens is 2. The summed E-state index contributed by atoms with van der Waals surface area (Å²) in [6.07, 6.45) is 2.12. The first-order chi connectivity index (χ1) is 12.6. The van der Waals surface area contributed by atoms with Gasteiger partial charge in [-0.25, -0.2) is 9.37 Å². The fraction of sp³-hybridized carbons (Fsp3) is 0.0526. The number of anilines is 1. The maximum Gasteiger partial charge on any atom is 0.230 e. The minimum Gasteiger partial charge on any atom is -0.326 e. The van der Waals surface area contributed by atoms with Crippen LogP contribution in [0.5, 0.6) is 0 Å². The first kappa shape index (κ1) is 16.9. The molecule has 4 rings (SSSR count). The fourth-order valence-electron chi connectivity index (χ4n) is 2.65. The Labute approximate surface area is 161 Å². The lowest BCUT2D eigenvalue weighted by Gasteiger charge is -2.05. The van der Waals surface area contributed by atoms with Gasteiger partial charge < -0.3 is 5.32 Å². The number of nitrogens with one attached hydrogen (secondary N) is 1. The highest BCUT2D eigenvalue weighted by Gasteiger charge is 2.13. The highest BCUT2D eigenvalue weighted by Crippen LogP contribution is 2.24. The molecule has 1 N–H and O–H groups in total. The number of fused-ring (bicyclic) bond motifs is 1. The third-order valence-electron chi connectivity index (χ3n) is 3.87. The van der Waals surface area contributed by atoms with E-state index >= 15 is 0 Å². The molecule has 0 aliphatic carbocycles. The normalized spacial score (nSPS) is 11.0. The maximum absolute atomic E-state index is 13.1. The molecule has 26 heavy (non-hydrogen) atoms. The quantitative estimate of drug-likeness (QED) is 0.487. The molecule has 2 aromatic carbocycles. The van der Waals surface area contributed by atoms with Crippen LogP contribution in [0.25, 0.3) is 16.2 Å². The lowest BCUT2D eigenvalue weighted by Crippen LogP contribution is -2.15. The van der Waals surface area contributed by atoms with Gasteiger partial charge in [0.25, 0.3) is 0 Å². The maximum atomic E-state index is 13.1. The molecule has 4 nitrogen and oxygen atoms in total. The van der Waals surface area contributed by atoms with Crippen LogP contribution in [0.1, 0.15) is 5.69 Å². The molecule has 1 amide bonds. The Kier molecular flexibility index (Phi) is 4.57. The Hall–Kier alpha value is -2.51. The zero-order valence-corrected chi connectivity index (χ0v) is 15.8. The topological polar surface area (TPSA) is 46.4 Å². The van der Waals surface area contributed by atoms with Gasteiger partial charge in [0.15, 0.2) is 4.96 Å². The predicted octanol–water partition coefficient (Wildman–Crippen LogP) is 5.15. The summed E-state index contributed by atoms with van der Waals surface area (Å²) >= 11 is 4.86. The number of rotatable bonds is 4. The van der Waals surface area contributed by atoms with E-state index in [1.165, 1.54) is 23.5 Å². The van der Waals surface area contributed by atoms with Crippen LogP contribution in [0.3, 0.4) is 0 Å². The molecule has 0 atom stereocenters. The third kappa shape index (κ3) is 3.54. The second kappa shape index (κ2) is 7.01. The van der Waals surface area contributed by atoms with E-state index in [1.807, 2.05) is 40.2 Å². The smallest absolute Gasteiger partial charge is 0.230 e. The lowest BCUT2D eigenvalue weighted by molar-refractivity contribution is -0.115. The zero-order valence-electron chi connectivity index (χ0n) is 13.4. The number of benzene rings is 2. The number of carbonyl (C=O) groups excluding carboxylic acids is 1. The number of aromatic nitrogens is 2. The molecule has 0 fully saturated rings. The number of nitrogens with zero attached hydrogens (tertiary/aromatic N) is 2. The average Bonchev–Trinajstić information content (AvgIpc) is 3.18. The van der Waals surface area contributed by atoms with Gasteiger partial charge in [0, 0.05) is 33.0 Å². The van der Waals surface area contributed by atoms with Gasteiger partial charge in [0.05, 0.1) is 12.1 Å². The van der Waals surface area contributed by atoms with Crippen LogP contribution < -0.4 is 5.32 Å². The Morgan fingerprint density at radius 3 is 2.81 bits per heavy atom. The van der Waals surface area contributed by atoms with Gasteiger partial charge in [-0.1, -0.05) is 22.0 Å². The third-order valence-corrected chi connectivity index (χ3v) is 5.26.